The van der Waals surface area contributed by atoms with Gasteiger partial charge in [0, 0.05) is 13.2 Å². The van der Waals surface area contributed by atoms with Gasteiger partial charge in [-0.2, -0.15) is 0 Å². The van der Waals surface area contributed by atoms with Crippen molar-refractivity contribution in [3.63, 3.8) is 0 Å². The highest BCUT2D eigenvalue weighted by Crippen LogP contribution is 2.19. The van der Waals surface area contributed by atoms with Crippen LogP contribution in [0.3, 0.4) is 0 Å². The minimum atomic E-state index is -2.10. The van der Waals surface area contributed by atoms with Gasteiger partial charge in [-0.05, 0) is 26.2 Å². The number of hydrogen-bond acceptors (Lipinski definition) is 11. The Labute approximate surface area is 196 Å². The Balaban J connectivity index is 4.72. The van der Waals surface area contributed by atoms with Crippen molar-refractivity contribution in [2.24, 2.45) is 0 Å². The summed E-state index contributed by atoms with van der Waals surface area (Å²) in [6.45, 7) is 2.89. The smallest absolute Gasteiger partial charge is 0.183 e. The molecule has 0 spiro atoms. The lowest BCUT2D eigenvalue weighted by Gasteiger charge is -2.33. The predicted octanol–water partition coefficient (Wildman–Crippen LogP) is -1.27. The van der Waals surface area contributed by atoms with E-state index in [2.05, 4.69) is 6.92 Å². The highest BCUT2D eigenvalue weighted by molar-refractivity contribution is 4.82. The number of ether oxygens (including phenoxy) is 2. The second kappa shape index (κ2) is 18.8. The SMILES string of the molecule is CCCCCCCCC(C)OC(O)C(O)C(O)C(CCO)OC(O)C(O)C(O)C(O)CCO. The summed E-state index contributed by atoms with van der Waals surface area (Å²) in [6, 6.07) is 0. The van der Waals surface area contributed by atoms with E-state index in [1.54, 1.807) is 6.92 Å². The molecule has 0 aromatic rings. The van der Waals surface area contributed by atoms with Gasteiger partial charge in [-0.1, -0.05) is 45.4 Å². The molecule has 9 unspecified atom stereocenters. The van der Waals surface area contributed by atoms with Crippen LogP contribution < -0.4 is 0 Å². The Bertz CT molecular complexity index is 456. The van der Waals surface area contributed by atoms with E-state index in [0.29, 0.717) is 6.42 Å². The lowest BCUT2D eigenvalue weighted by Crippen LogP contribution is -2.52. The van der Waals surface area contributed by atoms with Crippen LogP contribution in [0.4, 0.5) is 0 Å². The molecule has 0 aliphatic rings. The molecule has 0 fully saturated rings. The summed E-state index contributed by atoms with van der Waals surface area (Å²) in [4.78, 5) is 0. The van der Waals surface area contributed by atoms with Gasteiger partial charge >= 0.3 is 0 Å². The standard InChI is InChI=1S/C22H46O11/c1-3-4-5-6-7-8-9-14(2)32-21(30)20(29)18(27)16(11-13-24)33-22(31)19(28)17(26)15(25)10-12-23/h14-31H,3-13H2,1-2H3. The van der Waals surface area contributed by atoms with E-state index in [0.717, 1.165) is 25.7 Å². The third-order valence-corrected chi connectivity index (χ3v) is 5.55. The fourth-order valence-electron chi connectivity index (χ4n) is 3.39. The van der Waals surface area contributed by atoms with Gasteiger partial charge in [0.25, 0.3) is 0 Å². The van der Waals surface area contributed by atoms with Crippen LogP contribution >= 0.6 is 0 Å². The highest BCUT2D eigenvalue weighted by atomic mass is 16.6. The van der Waals surface area contributed by atoms with Gasteiger partial charge in [-0.3, -0.25) is 0 Å². The third kappa shape index (κ3) is 13.3. The first-order chi connectivity index (χ1) is 15.6. The monoisotopic (exact) mass is 486 g/mol. The first kappa shape index (κ1) is 32.6. The Morgan fingerprint density at radius 3 is 1.67 bits per heavy atom. The van der Waals surface area contributed by atoms with Crippen LogP contribution in [-0.2, 0) is 9.47 Å². The largest absolute Gasteiger partial charge is 0.396 e. The highest BCUT2D eigenvalue weighted by Gasteiger charge is 2.37. The number of hydrogen-bond donors (Lipinski definition) is 9. The summed E-state index contributed by atoms with van der Waals surface area (Å²) in [6.07, 6.45) is -8.08. The maximum atomic E-state index is 10.4. The number of rotatable bonds is 21. The summed E-state index contributed by atoms with van der Waals surface area (Å²) in [7, 11) is 0. The molecule has 33 heavy (non-hydrogen) atoms. The van der Waals surface area contributed by atoms with Crippen molar-refractivity contribution in [3.8, 4) is 0 Å². The molecule has 0 aromatic carbocycles. The molecule has 11 nitrogen and oxygen atoms in total. The first-order valence-electron chi connectivity index (χ1n) is 11.9. The Hall–Kier alpha value is -0.440. The molecule has 0 saturated heterocycles. The van der Waals surface area contributed by atoms with Crippen molar-refractivity contribution >= 4 is 0 Å². The molecular weight excluding hydrogens is 440 g/mol. The first-order valence-corrected chi connectivity index (χ1v) is 11.9. The summed E-state index contributed by atoms with van der Waals surface area (Å²) in [5, 5.41) is 88.2. The van der Waals surface area contributed by atoms with Crippen LogP contribution in [0.25, 0.3) is 0 Å². The van der Waals surface area contributed by atoms with E-state index in [4.69, 9.17) is 14.6 Å². The minimum Gasteiger partial charge on any atom is -0.396 e. The molecule has 0 rings (SSSR count). The second-order valence-corrected chi connectivity index (χ2v) is 8.51. The maximum absolute atomic E-state index is 10.4. The van der Waals surface area contributed by atoms with Gasteiger partial charge < -0.3 is 55.4 Å². The van der Waals surface area contributed by atoms with Crippen molar-refractivity contribution in [1.82, 2.24) is 0 Å². The van der Waals surface area contributed by atoms with Crippen LogP contribution in [0.15, 0.2) is 0 Å². The predicted molar refractivity (Wildman–Crippen MR) is 119 cm³/mol. The summed E-state index contributed by atoms with van der Waals surface area (Å²) in [5.74, 6) is 0. The Kier molecular flexibility index (Phi) is 18.6. The molecule has 0 saturated carbocycles. The van der Waals surface area contributed by atoms with Crippen LogP contribution in [-0.4, -0.2) is 114 Å². The molecule has 11 heteroatoms. The number of aliphatic hydroxyl groups is 9. The van der Waals surface area contributed by atoms with Crippen molar-refractivity contribution in [2.45, 2.75) is 127 Å². The maximum Gasteiger partial charge on any atom is 0.183 e. The van der Waals surface area contributed by atoms with Crippen LogP contribution in [0.1, 0.15) is 71.6 Å². The quantitative estimate of drug-likeness (QED) is 0.0692. The molecule has 200 valence electrons. The molecular formula is C22H46O11. The van der Waals surface area contributed by atoms with Gasteiger partial charge in [0.05, 0.1) is 18.3 Å². The van der Waals surface area contributed by atoms with Crippen LogP contribution in [0.2, 0.25) is 0 Å². The van der Waals surface area contributed by atoms with E-state index in [-0.39, 0.29) is 18.9 Å². The van der Waals surface area contributed by atoms with E-state index < -0.39 is 62.4 Å². The molecule has 9 N–H and O–H groups in total. The summed E-state index contributed by atoms with van der Waals surface area (Å²) >= 11 is 0. The Morgan fingerprint density at radius 2 is 1.09 bits per heavy atom. The van der Waals surface area contributed by atoms with E-state index in [1.807, 2.05) is 0 Å². The number of aliphatic hydroxyl groups excluding tert-OH is 9. The molecule has 0 aliphatic heterocycles. The van der Waals surface area contributed by atoms with Gasteiger partial charge in [0.15, 0.2) is 12.6 Å². The average molecular weight is 487 g/mol. The molecule has 0 aromatic heterocycles. The summed E-state index contributed by atoms with van der Waals surface area (Å²) < 4.78 is 10.4. The zero-order valence-corrected chi connectivity index (χ0v) is 19.8. The van der Waals surface area contributed by atoms with Gasteiger partial charge in [0.2, 0.25) is 0 Å². The van der Waals surface area contributed by atoms with E-state index in [1.165, 1.54) is 12.8 Å². The average Bonchev–Trinajstić information content (AvgIpc) is 2.78. The number of unbranched alkanes of at least 4 members (excludes halogenated alkanes) is 5. The second-order valence-electron chi connectivity index (χ2n) is 8.51. The van der Waals surface area contributed by atoms with E-state index in [9.17, 15) is 40.9 Å². The molecule has 0 radical (unpaired) electrons. The summed E-state index contributed by atoms with van der Waals surface area (Å²) in [5.41, 5.74) is 0. The van der Waals surface area contributed by atoms with Crippen LogP contribution in [0, 0.1) is 0 Å². The van der Waals surface area contributed by atoms with Crippen molar-refractivity contribution < 1.29 is 55.4 Å². The zero-order chi connectivity index (χ0) is 25.4. The van der Waals surface area contributed by atoms with Crippen molar-refractivity contribution in [3.05, 3.63) is 0 Å². The molecule has 9 atom stereocenters. The van der Waals surface area contributed by atoms with Gasteiger partial charge in [0.1, 0.15) is 24.4 Å². The van der Waals surface area contributed by atoms with Crippen molar-refractivity contribution in [2.75, 3.05) is 13.2 Å². The normalized spacial score (nSPS) is 20.5. The molecule has 0 bridgehead atoms. The van der Waals surface area contributed by atoms with Crippen LogP contribution in [0.5, 0.6) is 0 Å². The lowest BCUT2D eigenvalue weighted by molar-refractivity contribution is -0.261. The van der Waals surface area contributed by atoms with Crippen molar-refractivity contribution in [1.29, 1.82) is 0 Å². The molecule has 0 amide bonds. The van der Waals surface area contributed by atoms with E-state index >= 15 is 0 Å². The molecule has 0 heterocycles. The Morgan fingerprint density at radius 1 is 0.576 bits per heavy atom. The fourth-order valence-corrected chi connectivity index (χ4v) is 3.39. The zero-order valence-electron chi connectivity index (χ0n) is 19.8. The topological polar surface area (TPSA) is 201 Å². The third-order valence-electron chi connectivity index (χ3n) is 5.55. The molecule has 0 aliphatic carbocycles. The van der Waals surface area contributed by atoms with Gasteiger partial charge in [-0.15, -0.1) is 0 Å². The van der Waals surface area contributed by atoms with Gasteiger partial charge in [-0.25, -0.2) is 0 Å². The minimum absolute atomic E-state index is 0.257. The fraction of sp³-hybridized carbons (Fsp3) is 1.00. The lowest BCUT2D eigenvalue weighted by atomic mass is 10.0.